The van der Waals surface area contributed by atoms with E-state index in [0.717, 1.165) is 23.1 Å². The lowest BCUT2D eigenvalue weighted by Gasteiger charge is -2.44. The number of hydrogen-bond donors (Lipinski definition) is 0. The summed E-state index contributed by atoms with van der Waals surface area (Å²) in [4.78, 5) is 19.2. The van der Waals surface area contributed by atoms with Gasteiger partial charge in [0.15, 0.2) is 17.2 Å². The van der Waals surface area contributed by atoms with Crippen molar-refractivity contribution in [3.05, 3.63) is 65.6 Å². The van der Waals surface area contributed by atoms with Gasteiger partial charge in [0, 0.05) is 24.5 Å². The second kappa shape index (κ2) is 5.14. The van der Waals surface area contributed by atoms with Crippen molar-refractivity contribution in [3.8, 4) is 11.5 Å². The van der Waals surface area contributed by atoms with E-state index in [-0.39, 0.29) is 5.91 Å². The van der Waals surface area contributed by atoms with Gasteiger partial charge in [-0.2, -0.15) is 0 Å². The normalized spacial score (nSPS) is 20.5. The summed E-state index contributed by atoms with van der Waals surface area (Å²) in [7, 11) is 3.23. The summed E-state index contributed by atoms with van der Waals surface area (Å²) < 4.78 is 18.4. The predicted molar refractivity (Wildman–Crippen MR) is 91.4 cm³/mol. The molecule has 1 atom stereocenters. The highest BCUT2D eigenvalue weighted by molar-refractivity contribution is 6.00. The van der Waals surface area contributed by atoms with Gasteiger partial charge in [0.05, 0.1) is 37.9 Å². The Balaban J connectivity index is 1.89. The van der Waals surface area contributed by atoms with Crippen LogP contribution < -0.4 is 9.47 Å². The van der Waals surface area contributed by atoms with E-state index in [9.17, 15) is 4.79 Å². The average molecular weight is 351 g/mol. The van der Waals surface area contributed by atoms with Gasteiger partial charge in [0.1, 0.15) is 6.26 Å². The lowest BCUT2D eigenvalue weighted by atomic mass is 9.84. The average Bonchev–Trinajstić information content (AvgIpc) is 3.40. The van der Waals surface area contributed by atoms with Crippen LogP contribution in [-0.2, 0) is 12.1 Å². The van der Waals surface area contributed by atoms with Crippen LogP contribution in [0.4, 0.5) is 0 Å². The fourth-order valence-corrected chi connectivity index (χ4v) is 4.28. The molecule has 0 aliphatic carbocycles. The van der Waals surface area contributed by atoms with E-state index in [1.165, 1.54) is 6.26 Å². The first-order chi connectivity index (χ1) is 12.7. The van der Waals surface area contributed by atoms with Crippen LogP contribution in [0.3, 0.4) is 0 Å². The van der Waals surface area contributed by atoms with Gasteiger partial charge in [0.2, 0.25) is 0 Å². The third-order valence-corrected chi connectivity index (χ3v) is 5.37. The molecule has 0 bridgehead atoms. The number of ether oxygens (including phenoxy) is 2. The van der Waals surface area contributed by atoms with Crippen LogP contribution in [0.25, 0.3) is 0 Å². The number of aromatic nitrogens is 2. The molecular weight excluding hydrogens is 334 g/mol. The van der Waals surface area contributed by atoms with Gasteiger partial charge < -0.3 is 23.4 Å². The quantitative estimate of drug-likeness (QED) is 0.724. The van der Waals surface area contributed by atoms with E-state index >= 15 is 0 Å². The fourth-order valence-electron chi connectivity index (χ4n) is 4.28. The minimum Gasteiger partial charge on any atom is -0.493 e. The SMILES string of the molecule is COc1cc2c(cc1OC)C1(n3ccnc3)c3cocc3C(=O)N1CC2. The van der Waals surface area contributed by atoms with Crippen molar-refractivity contribution in [1.82, 2.24) is 14.5 Å². The first-order valence-corrected chi connectivity index (χ1v) is 8.34. The van der Waals surface area contributed by atoms with Gasteiger partial charge in [-0.3, -0.25) is 4.79 Å². The van der Waals surface area contributed by atoms with Crippen molar-refractivity contribution in [1.29, 1.82) is 0 Å². The van der Waals surface area contributed by atoms with Crippen LogP contribution in [0.5, 0.6) is 11.5 Å². The fraction of sp³-hybridized carbons (Fsp3) is 0.263. The molecule has 2 aromatic heterocycles. The van der Waals surface area contributed by atoms with Gasteiger partial charge in [-0.05, 0) is 24.1 Å². The summed E-state index contributed by atoms with van der Waals surface area (Å²) in [5, 5.41) is 0. The number of benzene rings is 1. The molecule has 1 aromatic carbocycles. The molecule has 7 heteroatoms. The van der Waals surface area contributed by atoms with Crippen LogP contribution in [0.2, 0.25) is 0 Å². The molecule has 4 heterocycles. The highest BCUT2D eigenvalue weighted by Gasteiger charge is 2.56. The highest BCUT2D eigenvalue weighted by atomic mass is 16.5. The summed E-state index contributed by atoms with van der Waals surface area (Å²) in [5.74, 6) is 1.26. The summed E-state index contributed by atoms with van der Waals surface area (Å²) >= 11 is 0. The lowest BCUT2D eigenvalue weighted by molar-refractivity contribution is 0.0526. The van der Waals surface area contributed by atoms with Gasteiger partial charge in [0.25, 0.3) is 5.91 Å². The molecule has 3 aromatic rings. The van der Waals surface area contributed by atoms with E-state index in [2.05, 4.69) is 4.98 Å². The Morgan fingerprint density at radius 3 is 2.69 bits per heavy atom. The van der Waals surface area contributed by atoms with Crippen molar-refractivity contribution in [2.75, 3.05) is 20.8 Å². The maximum absolute atomic E-state index is 13.1. The number of amides is 1. The number of nitrogens with zero attached hydrogens (tertiary/aromatic N) is 3. The number of rotatable bonds is 3. The second-order valence-corrected chi connectivity index (χ2v) is 6.41. The van der Waals surface area contributed by atoms with Crippen molar-refractivity contribution in [2.24, 2.45) is 0 Å². The number of furan rings is 1. The molecule has 0 radical (unpaired) electrons. The third-order valence-electron chi connectivity index (χ3n) is 5.37. The zero-order chi connectivity index (χ0) is 17.9. The largest absolute Gasteiger partial charge is 0.493 e. The Labute approximate surface area is 149 Å². The Morgan fingerprint density at radius 2 is 1.96 bits per heavy atom. The molecule has 1 unspecified atom stereocenters. The van der Waals surface area contributed by atoms with Crippen LogP contribution in [0.1, 0.15) is 27.0 Å². The third kappa shape index (κ3) is 1.62. The molecule has 0 spiro atoms. The molecule has 2 aliphatic heterocycles. The summed E-state index contributed by atoms with van der Waals surface area (Å²) in [6, 6.07) is 3.95. The van der Waals surface area contributed by atoms with E-state index in [1.54, 1.807) is 33.0 Å². The maximum Gasteiger partial charge on any atom is 0.259 e. The molecule has 0 fully saturated rings. The van der Waals surface area contributed by atoms with E-state index in [4.69, 9.17) is 13.9 Å². The minimum absolute atomic E-state index is 0.0390. The standard InChI is InChI=1S/C19H17N3O4/c1-24-16-7-12-3-5-22-18(23)13-9-26-10-15(13)19(22,21-6-4-20-11-21)14(12)8-17(16)25-2/h4,6-11H,3,5H2,1-2H3. The molecule has 132 valence electrons. The Bertz CT molecular complexity index is 1010. The maximum atomic E-state index is 13.1. The number of imidazole rings is 1. The minimum atomic E-state index is -0.830. The van der Waals surface area contributed by atoms with Gasteiger partial charge in [-0.25, -0.2) is 4.98 Å². The van der Waals surface area contributed by atoms with Gasteiger partial charge >= 0.3 is 0 Å². The number of methoxy groups -OCH3 is 2. The molecule has 0 saturated carbocycles. The highest BCUT2D eigenvalue weighted by Crippen LogP contribution is 2.51. The van der Waals surface area contributed by atoms with Crippen molar-refractivity contribution in [3.63, 3.8) is 0 Å². The van der Waals surface area contributed by atoms with Gasteiger partial charge in [-0.1, -0.05) is 0 Å². The number of hydrogen-bond acceptors (Lipinski definition) is 5. The molecule has 2 aliphatic rings. The lowest BCUT2D eigenvalue weighted by Crippen LogP contribution is -2.53. The van der Waals surface area contributed by atoms with Crippen molar-refractivity contribution < 1.29 is 18.7 Å². The molecule has 7 nitrogen and oxygen atoms in total. The van der Waals surface area contributed by atoms with E-state index in [0.29, 0.717) is 23.6 Å². The molecule has 5 rings (SSSR count). The zero-order valence-electron chi connectivity index (χ0n) is 14.4. The molecule has 26 heavy (non-hydrogen) atoms. The summed E-state index contributed by atoms with van der Waals surface area (Å²) in [5.41, 5.74) is 2.64. The van der Waals surface area contributed by atoms with Crippen LogP contribution in [0.15, 0.2) is 47.8 Å². The van der Waals surface area contributed by atoms with Crippen LogP contribution >= 0.6 is 0 Å². The number of carbonyl (C=O) groups excluding carboxylic acids is 1. The monoisotopic (exact) mass is 351 g/mol. The summed E-state index contributed by atoms with van der Waals surface area (Å²) in [6.07, 6.45) is 9.22. The topological polar surface area (TPSA) is 69.7 Å². The summed E-state index contributed by atoms with van der Waals surface area (Å²) in [6.45, 7) is 0.591. The van der Waals surface area contributed by atoms with E-state index in [1.807, 2.05) is 27.8 Å². The molecule has 0 saturated heterocycles. The molecule has 1 amide bonds. The van der Waals surface area contributed by atoms with Crippen molar-refractivity contribution >= 4 is 5.91 Å². The van der Waals surface area contributed by atoms with Crippen LogP contribution in [-0.4, -0.2) is 41.1 Å². The van der Waals surface area contributed by atoms with Crippen molar-refractivity contribution in [2.45, 2.75) is 12.1 Å². The zero-order valence-corrected chi connectivity index (χ0v) is 14.4. The molecule has 0 N–H and O–H groups in total. The molecular formula is C19H17N3O4. The Morgan fingerprint density at radius 1 is 1.15 bits per heavy atom. The Hall–Kier alpha value is -3.22. The van der Waals surface area contributed by atoms with Crippen LogP contribution in [0, 0.1) is 0 Å². The second-order valence-electron chi connectivity index (χ2n) is 6.41. The first-order valence-electron chi connectivity index (χ1n) is 8.34. The van der Waals surface area contributed by atoms with Gasteiger partial charge in [-0.15, -0.1) is 0 Å². The predicted octanol–water partition coefficient (Wildman–Crippen LogP) is 2.25. The number of fused-ring (bicyclic) bond motifs is 5. The van der Waals surface area contributed by atoms with E-state index < -0.39 is 5.66 Å². The number of carbonyl (C=O) groups is 1. The Kier molecular flexibility index (Phi) is 2.98. The smallest absolute Gasteiger partial charge is 0.259 e. The first kappa shape index (κ1) is 15.1.